The fourth-order valence-corrected chi connectivity index (χ4v) is 5.28. The molecule has 1 atom stereocenters. The number of aromatic amines is 1. The maximum Gasteiger partial charge on any atom is 0.416 e. The Morgan fingerprint density at radius 2 is 1.58 bits per heavy atom. The Morgan fingerprint density at radius 1 is 0.933 bits per heavy atom. The van der Waals surface area contributed by atoms with E-state index in [1.54, 1.807) is 12.3 Å². The van der Waals surface area contributed by atoms with Gasteiger partial charge in [0.15, 0.2) is 0 Å². The Morgan fingerprint density at radius 3 is 2.20 bits per heavy atom. The number of nitro groups is 1. The van der Waals surface area contributed by atoms with Crippen LogP contribution in [0.25, 0.3) is 17.0 Å². The van der Waals surface area contributed by atoms with Crippen molar-refractivity contribution in [3.63, 3.8) is 0 Å². The van der Waals surface area contributed by atoms with E-state index in [9.17, 15) is 46.0 Å². The van der Waals surface area contributed by atoms with Crippen LogP contribution in [0, 0.1) is 10.1 Å². The number of aromatic nitrogens is 1. The van der Waals surface area contributed by atoms with Crippen LogP contribution in [-0.2, 0) is 23.6 Å². The molecule has 0 bridgehead atoms. The number of amides is 2. The fraction of sp³-hybridized carbons (Fsp3) is 0.226. The van der Waals surface area contributed by atoms with Crippen molar-refractivity contribution in [3.05, 3.63) is 117 Å². The van der Waals surface area contributed by atoms with E-state index in [0.717, 1.165) is 16.5 Å². The molecule has 0 saturated carbocycles. The second kappa shape index (κ2) is 12.1. The lowest BCUT2D eigenvalue weighted by Crippen LogP contribution is -2.57. The van der Waals surface area contributed by atoms with Crippen LogP contribution in [0.1, 0.15) is 32.6 Å². The first-order chi connectivity index (χ1) is 21.2. The van der Waals surface area contributed by atoms with Gasteiger partial charge in [0.2, 0.25) is 5.91 Å². The highest BCUT2D eigenvalue weighted by Crippen LogP contribution is 2.37. The number of alkyl halides is 6. The zero-order valence-electron chi connectivity index (χ0n) is 23.2. The smallest absolute Gasteiger partial charge is 0.361 e. The summed E-state index contributed by atoms with van der Waals surface area (Å²) in [5, 5.41) is 11.7. The van der Waals surface area contributed by atoms with Gasteiger partial charge in [-0.05, 0) is 60.0 Å². The molecule has 2 amide bonds. The van der Waals surface area contributed by atoms with Gasteiger partial charge in [-0.25, -0.2) is 0 Å². The van der Waals surface area contributed by atoms with Crippen molar-refractivity contribution >= 4 is 34.5 Å². The van der Waals surface area contributed by atoms with Crippen LogP contribution in [-0.4, -0.2) is 57.2 Å². The number of rotatable bonds is 6. The summed E-state index contributed by atoms with van der Waals surface area (Å²) < 4.78 is 81.2. The zero-order valence-corrected chi connectivity index (χ0v) is 23.2. The maximum absolute atomic E-state index is 13.6. The molecule has 0 aliphatic carbocycles. The quantitative estimate of drug-likeness (QED) is 0.111. The van der Waals surface area contributed by atoms with E-state index in [4.69, 9.17) is 0 Å². The molecule has 3 aromatic carbocycles. The van der Waals surface area contributed by atoms with Gasteiger partial charge >= 0.3 is 12.4 Å². The predicted octanol–water partition coefficient (Wildman–Crippen LogP) is 6.72. The van der Waals surface area contributed by atoms with Crippen LogP contribution in [0.3, 0.4) is 0 Å². The standard InChI is InChI=1S/C31H24F6N4O4/c32-30(33,34)22-13-20(14-23(16-22)31(35,36)37)29(43)40-12-11-39(28(42)10-7-19-5-8-24(9-6-19)41(44)45)18-25(40)15-21-17-38-27-4-2-1-3-26(21)27/h1-10,13-14,16-17,25,38H,11-12,15,18H2/b10-7+/t25-/m1/s1. The Kier molecular flexibility index (Phi) is 8.41. The maximum atomic E-state index is 13.6. The summed E-state index contributed by atoms with van der Waals surface area (Å²) in [6.45, 7) is -0.245. The Balaban J connectivity index is 1.44. The molecule has 45 heavy (non-hydrogen) atoms. The van der Waals surface area contributed by atoms with Crippen molar-refractivity contribution in [1.82, 2.24) is 14.8 Å². The zero-order chi connectivity index (χ0) is 32.5. The summed E-state index contributed by atoms with van der Waals surface area (Å²) in [5.41, 5.74) is -2.04. The minimum absolute atomic E-state index is 0.0336. The lowest BCUT2D eigenvalue weighted by atomic mass is 9.98. The number of hydrogen-bond acceptors (Lipinski definition) is 4. The summed E-state index contributed by atoms with van der Waals surface area (Å²) in [6, 6.07) is 12.7. The van der Waals surface area contributed by atoms with E-state index >= 15 is 0 Å². The second-order valence-electron chi connectivity index (χ2n) is 10.5. The Labute approximate surface area is 251 Å². The highest BCUT2D eigenvalue weighted by Gasteiger charge is 2.39. The monoisotopic (exact) mass is 630 g/mol. The third-order valence-electron chi connectivity index (χ3n) is 7.54. The van der Waals surface area contributed by atoms with E-state index in [0.29, 0.717) is 17.7 Å². The highest BCUT2D eigenvalue weighted by atomic mass is 19.4. The summed E-state index contributed by atoms with van der Waals surface area (Å²) >= 11 is 0. The van der Waals surface area contributed by atoms with E-state index in [-0.39, 0.29) is 37.8 Å². The molecule has 5 rings (SSSR count). The van der Waals surface area contributed by atoms with Gasteiger partial charge in [0.1, 0.15) is 0 Å². The first kappa shape index (κ1) is 31.3. The van der Waals surface area contributed by atoms with Crippen molar-refractivity contribution in [2.24, 2.45) is 0 Å². The fourth-order valence-electron chi connectivity index (χ4n) is 5.28. The van der Waals surface area contributed by atoms with Crippen molar-refractivity contribution in [3.8, 4) is 0 Å². The number of benzene rings is 3. The van der Waals surface area contributed by atoms with Crippen LogP contribution in [0.5, 0.6) is 0 Å². The van der Waals surface area contributed by atoms with E-state index in [1.807, 2.05) is 18.2 Å². The molecule has 1 saturated heterocycles. The van der Waals surface area contributed by atoms with Crippen LogP contribution < -0.4 is 0 Å². The van der Waals surface area contributed by atoms with Crippen LogP contribution in [0.4, 0.5) is 32.0 Å². The number of nitrogens with zero attached hydrogens (tertiary/aromatic N) is 3. The van der Waals surface area contributed by atoms with Crippen molar-refractivity contribution < 1.29 is 40.9 Å². The van der Waals surface area contributed by atoms with E-state index in [1.165, 1.54) is 46.2 Å². The molecule has 0 radical (unpaired) electrons. The Hall–Kier alpha value is -5.14. The minimum atomic E-state index is -5.12. The largest absolute Gasteiger partial charge is 0.416 e. The first-order valence-electron chi connectivity index (χ1n) is 13.6. The van der Waals surface area contributed by atoms with Gasteiger partial charge in [-0.15, -0.1) is 0 Å². The van der Waals surface area contributed by atoms with Crippen LogP contribution >= 0.6 is 0 Å². The second-order valence-corrected chi connectivity index (χ2v) is 10.5. The number of nitro benzene ring substituents is 1. The van der Waals surface area contributed by atoms with E-state index < -0.39 is 51.8 Å². The van der Waals surface area contributed by atoms with Crippen molar-refractivity contribution in [2.45, 2.75) is 24.8 Å². The van der Waals surface area contributed by atoms with Gasteiger partial charge in [0.25, 0.3) is 11.6 Å². The molecule has 1 N–H and O–H groups in total. The number of carbonyl (C=O) groups excluding carboxylic acids is 2. The van der Waals surface area contributed by atoms with Gasteiger partial charge < -0.3 is 14.8 Å². The SMILES string of the molecule is O=C(/C=C/c1ccc([N+](=O)[O-])cc1)N1CCN(C(=O)c2cc(C(F)(F)F)cc(C(F)(F)F)c2)[C@H](Cc2c[nH]c3ccccc23)C1. The molecule has 1 aromatic heterocycles. The number of para-hydroxylation sites is 1. The number of carbonyl (C=O) groups is 2. The Bertz CT molecular complexity index is 1750. The summed E-state index contributed by atoms with van der Waals surface area (Å²) in [4.78, 5) is 42.8. The third kappa shape index (κ3) is 7.00. The average Bonchev–Trinajstić information content (AvgIpc) is 3.41. The van der Waals surface area contributed by atoms with Gasteiger partial charge in [0, 0.05) is 60.5 Å². The van der Waals surface area contributed by atoms with Crippen LogP contribution in [0.15, 0.2) is 79.0 Å². The molecule has 4 aromatic rings. The number of fused-ring (bicyclic) bond motifs is 1. The molecule has 14 heteroatoms. The van der Waals surface area contributed by atoms with Gasteiger partial charge in [-0.2, -0.15) is 26.3 Å². The number of halogens is 6. The lowest BCUT2D eigenvalue weighted by Gasteiger charge is -2.41. The average molecular weight is 631 g/mol. The van der Waals surface area contributed by atoms with Crippen molar-refractivity contribution in [1.29, 1.82) is 0 Å². The van der Waals surface area contributed by atoms with Gasteiger partial charge in [-0.3, -0.25) is 19.7 Å². The molecule has 0 unspecified atom stereocenters. The summed E-state index contributed by atoms with van der Waals surface area (Å²) in [7, 11) is 0. The van der Waals surface area contributed by atoms with Crippen LogP contribution in [0.2, 0.25) is 0 Å². The van der Waals surface area contributed by atoms with E-state index in [2.05, 4.69) is 4.98 Å². The van der Waals surface area contributed by atoms with Gasteiger partial charge in [0.05, 0.1) is 22.1 Å². The molecule has 1 aliphatic rings. The highest BCUT2D eigenvalue weighted by molar-refractivity contribution is 5.96. The molecule has 8 nitrogen and oxygen atoms in total. The summed E-state index contributed by atoms with van der Waals surface area (Å²) in [5.74, 6) is -1.48. The predicted molar refractivity (Wildman–Crippen MR) is 152 cm³/mol. The number of nitrogens with one attached hydrogen (secondary N) is 1. The molecular formula is C31H24F6N4O4. The molecule has 1 fully saturated rings. The molecule has 2 heterocycles. The molecule has 1 aliphatic heterocycles. The number of H-pyrrole nitrogens is 1. The number of non-ortho nitro benzene ring substituents is 1. The number of hydrogen-bond donors (Lipinski definition) is 1. The first-order valence-corrected chi connectivity index (χ1v) is 13.6. The molecule has 234 valence electrons. The topological polar surface area (TPSA) is 99.5 Å². The molecular weight excluding hydrogens is 606 g/mol. The summed E-state index contributed by atoms with van der Waals surface area (Å²) in [6.07, 6.45) is -5.68. The third-order valence-corrected chi connectivity index (χ3v) is 7.54. The normalized spacial score (nSPS) is 16.0. The van der Waals surface area contributed by atoms with Gasteiger partial charge in [-0.1, -0.05) is 18.2 Å². The lowest BCUT2D eigenvalue weighted by molar-refractivity contribution is -0.384. The number of piperazine rings is 1. The molecule has 0 spiro atoms. The minimum Gasteiger partial charge on any atom is -0.361 e. The van der Waals surface area contributed by atoms with Crippen molar-refractivity contribution in [2.75, 3.05) is 19.6 Å².